The third kappa shape index (κ3) is 2.61. The minimum absolute atomic E-state index is 0.0804. The van der Waals surface area contributed by atoms with Crippen molar-refractivity contribution in [2.45, 2.75) is 18.3 Å². The van der Waals surface area contributed by atoms with E-state index in [0.29, 0.717) is 18.2 Å². The van der Waals surface area contributed by atoms with Crippen LogP contribution in [0.1, 0.15) is 18.4 Å². The Balaban J connectivity index is 2.06. The van der Waals surface area contributed by atoms with E-state index in [0.717, 1.165) is 18.4 Å². The fraction of sp³-hybridized carbons (Fsp3) is 0.462. The summed E-state index contributed by atoms with van der Waals surface area (Å²) >= 11 is 5.96. The quantitative estimate of drug-likeness (QED) is 0.817. The molecule has 0 saturated heterocycles. The number of amides is 1. The molecule has 4 heteroatoms. The molecule has 0 atom stereocenters. The van der Waals surface area contributed by atoms with Gasteiger partial charge in [0.15, 0.2) is 0 Å². The summed E-state index contributed by atoms with van der Waals surface area (Å²) in [5.41, 5.74) is 0.665. The average molecular weight is 254 g/mol. The van der Waals surface area contributed by atoms with Crippen LogP contribution in [0.4, 0.5) is 0 Å². The molecule has 1 aliphatic carbocycles. The van der Waals surface area contributed by atoms with Crippen LogP contribution < -0.4 is 5.32 Å². The number of hydrogen-bond acceptors (Lipinski definition) is 2. The molecule has 0 radical (unpaired) electrons. The maximum atomic E-state index is 12.1. The number of carbonyl (C=O) groups excluding carboxylic acids is 1. The first-order chi connectivity index (χ1) is 8.19. The van der Waals surface area contributed by atoms with Crippen molar-refractivity contribution in [3.05, 3.63) is 34.9 Å². The molecule has 0 aliphatic heterocycles. The Morgan fingerprint density at radius 2 is 2.29 bits per heavy atom. The van der Waals surface area contributed by atoms with Gasteiger partial charge in [0.2, 0.25) is 5.91 Å². The fourth-order valence-corrected chi connectivity index (χ4v) is 2.18. The van der Waals surface area contributed by atoms with E-state index in [-0.39, 0.29) is 11.3 Å². The largest absolute Gasteiger partial charge is 0.383 e. The molecule has 0 bridgehead atoms. The monoisotopic (exact) mass is 253 g/mol. The zero-order valence-electron chi connectivity index (χ0n) is 9.83. The zero-order chi connectivity index (χ0) is 12.3. The van der Waals surface area contributed by atoms with Gasteiger partial charge in [-0.2, -0.15) is 0 Å². The van der Waals surface area contributed by atoms with E-state index in [2.05, 4.69) is 5.32 Å². The van der Waals surface area contributed by atoms with Gasteiger partial charge in [-0.25, -0.2) is 0 Å². The molecule has 92 valence electrons. The summed E-state index contributed by atoms with van der Waals surface area (Å²) in [6.45, 7) is 1.09. The van der Waals surface area contributed by atoms with Crippen LogP contribution in [0.15, 0.2) is 24.3 Å². The van der Waals surface area contributed by atoms with E-state index < -0.39 is 0 Å². The minimum atomic E-state index is -0.349. The number of rotatable bonds is 5. The summed E-state index contributed by atoms with van der Waals surface area (Å²) < 4.78 is 4.91. The molecule has 1 N–H and O–H groups in total. The first-order valence-corrected chi connectivity index (χ1v) is 6.10. The highest BCUT2D eigenvalue weighted by molar-refractivity contribution is 6.30. The molecule has 1 aromatic rings. The minimum Gasteiger partial charge on any atom is -0.383 e. The predicted octanol–water partition coefficient (Wildman–Crippen LogP) is 2.13. The molecule has 1 amide bonds. The summed E-state index contributed by atoms with van der Waals surface area (Å²) in [6, 6.07) is 7.56. The summed E-state index contributed by atoms with van der Waals surface area (Å²) in [4.78, 5) is 12.1. The number of nitrogens with one attached hydrogen (secondary N) is 1. The van der Waals surface area contributed by atoms with Crippen molar-refractivity contribution >= 4 is 17.5 Å². The average Bonchev–Trinajstić information content (AvgIpc) is 3.10. The van der Waals surface area contributed by atoms with Gasteiger partial charge in [0.05, 0.1) is 12.0 Å². The molecule has 0 heterocycles. The Morgan fingerprint density at radius 3 is 2.88 bits per heavy atom. The molecular formula is C13H16ClNO2. The van der Waals surface area contributed by atoms with Crippen LogP contribution in [0.5, 0.6) is 0 Å². The molecule has 17 heavy (non-hydrogen) atoms. The van der Waals surface area contributed by atoms with Gasteiger partial charge in [0, 0.05) is 18.7 Å². The number of carbonyl (C=O) groups is 1. The maximum absolute atomic E-state index is 12.1. The van der Waals surface area contributed by atoms with Gasteiger partial charge in [-0.3, -0.25) is 4.79 Å². The lowest BCUT2D eigenvalue weighted by molar-refractivity contribution is -0.123. The molecule has 0 aromatic heterocycles. The highest BCUT2D eigenvalue weighted by Crippen LogP contribution is 2.48. The van der Waals surface area contributed by atoms with Gasteiger partial charge in [-0.15, -0.1) is 0 Å². The topological polar surface area (TPSA) is 38.3 Å². The molecule has 1 aromatic carbocycles. The SMILES string of the molecule is COCCNC(=O)C1(c2cccc(Cl)c2)CC1. The van der Waals surface area contributed by atoms with Crippen LogP contribution in [0.25, 0.3) is 0 Å². The maximum Gasteiger partial charge on any atom is 0.230 e. The van der Waals surface area contributed by atoms with Crippen molar-refractivity contribution in [2.24, 2.45) is 0 Å². The first-order valence-electron chi connectivity index (χ1n) is 5.72. The van der Waals surface area contributed by atoms with Crippen molar-refractivity contribution in [3.8, 4) is 0 Å². The smallest absolute Gasteiger partial charge is 0.230 e. The van der Waals surface area contributed by atoms with Crippen LogP contribution in [0, 0.1) is 0 Å². The Hall–Kier alpha value is -1.06. The molecule has 2 rings (SSSR count). The van der Waals surface area contributed by atoms with E-state index >= 15 is 0 Å². The normalized spacial score (nSPS) is 16.6. The van der Waals surface area contributed by atoms with Crippen molar-refractivity contribution in [1.29, 1.82) is 0 Å². The molecule has 1 aliphatic rings. The summed E-state index contributed by atoms with van der Waals surface area (Å²) in [5, 5.41) is 3.58. The second-order valence-corrected chi connectivity index (χ2v) is 4.78. The van der Waals surface area contributed by atoms with Gasteiger partial charge >= 0.3 is 0 Å². The number of halogens is 1. The van der Waals surface area contributed by atoms with Crippen molar-refractivity contribution < 1.29 is 9.53 Å². The van der Waals surface area contributed by atoms with Gasteiger partial charge in [0.25, 0.3) is 0 Å². The molecule has 0 spiro atoms. The molecule has 1 fully saturated rings. The third-order valence-electron chi connectivity index (χ3n) is 3.15. The van der Waals surface area contributed by atoms with Crippen molar-refractivity contribution in [2.75, 3.05) is 20.3 Å². The number of hydrogen-bond donors (Lipinski definition) is 1. The van der Waals surface area contributed by atoms with Crippen molar-refractivity contribution in [1.82, 2.24) is 5.32 Å². The van der Waals surface area contributed by atoms with Gasteiger partial charge < -0.3 is 10.1 Å². The van der Waals surface area contributed by atoms with E-state index in [4.69, 9.17) is 16.3 Å². The Labute approximate surface area is 106 Å². The van der Waals surface area contributed by atoms with Crippen LogP contribution >= 0.6 is 11.6 Å². The lowest BCUT2D eigenvalue weighted by atomic mass is 9.95. The third-order valence-corrected chi connectivity index (χ3v) is 3.39. The summed E-state index contributed by atoms with van der Waals surface area (Å²) in [7, 11) is 1.62. The van der Waals surface area contributed by atoms with E-state index in [1.807, 2.05) is 24.3 Å². The highest BCUT2D eigenvalue weighted by Gasteiger charge is 2.51. The van der Waals surface area contributed by atoms with Gasteiger partial charge in [0.1, 0.15) is 0 Å². The fourth-order valence-electron chi connectivity index (χ4n) is 1.99. The second-order valence-electron chi connectivity index (χ2n) is 4.34. The lowest BCUT2D eigenvalue weighted by Crippen LogP contribution is -2.36. The van der Waals surface area contributed by atoms with Crippen LogP contribution in [0.3, 0.4) is 0 Å². The van der Waals surface area contributed by atoms with Crippen LogP contribution in [-0.2, 0) is 14.9 Å². The standard InChI is InChI=1S/C13H16ClNO2/c1-17-8-7-15-12(16)13(5-6-13)10-3-2-4-11(14)9-10/h2-4,9H,5-8H2,1H3,(H,15,16). The molecule has 1 saturated carbocycles. The van der Waals surface area contributed by atoms with E-state index in [1.165, 1.54) is 0 Å². The van der Waals surface area contributed by atoms with Crippen LogP contribution in [0.2, 0.25) is 5.02 Å². The molecular weight excluding hydrogens is 238 g/mol. The Morgan fingerprint density at radius 1 is 1.53 bits per heavy atom. The van der Waals surface area contributed by atoms with Crippen molar-refractivity contribution in [3.63, 3.8) is 0 Å². The second kappa shape index (κ2) is 5.07. The lowest BCUT2D eigenvalue weighted by Gasteiger charge is -2.15. The summed E-state index contributed by atoms with van der Waals surface area (Å²) in [5.74, 6) is 0.0804. The van der Waals surface area contributed by atoms with E-state index in [1.54, 1.807) is 7.11 Å². The summed E-state index contributed by atoms with van der Waals surface area (Å²) in [6.07, 6.45) is 1.79. The molecule has 0 unspecified atom stereocenters. The number of benzene rings is 1. The Bertz CT molecular complexity index is 416. The highest BCUT2D eigenvalue weighted by atomic mass is 35.5. The predicted molar refractivity (Wildman–Crippen MR) is 67.2 cm³/mol. The van der Waals surface area contributed by atoms with Gasteiger partial charge in [-0.05, 0) is 30.5 Å². The Kier molecular flexibility index (Phi) is 3.69. The number of methoxy groups -OCH3 is 1. The van der Waals surface area contributed by atoms with Gasteiger partial charge in [-0.1, -0.05) is 23.7 Å². The van der Waals surface area contributed by atoms with E-state index in [9.17, 15) is 4.79 Å². The molecule has 3 nitrogen and oxygen atoms in total. The first kappa shape index (κ1) is 12.4. The van der Waals surface area contributed by atoms with Crippen LogP contribution in [-0.4, -0.2) is 26.2 Å². The number of ether oxygens (including phenoxy) is 1. The zero-order valence-corrected chi connectivity index (χ0v) is 10.6.